The molecular formula is C14H18F4N2O2. The fourth-order valence-corrected chi connectivity index (χ4v) is 1.71. The van der Waals surface area contributed by atoms with E-state index in [1.807, 2.05) is 5.32 Å². The smallest absolute Gasteiger partial charge is 0.388 e. The Hall–Kier alpha value is -1.83. The Labute approximate surface area is 125 Å². The number of alkyl halides is 3. The van der Waals surface area contributed by atoms with Crippen molar-refractivity contribution in [3.63, 3.8) is 0 Å². The number of carbonyl (C=O) groups is 1. The summed E-state index contributed by atoms with van der Waals surface area (Å²) in [5.74, 6) is -0.982. The zero-order chi connectivity index (χ0) is 17.0. The van der Waals surface area contributed by atoms with Gasteiger partial charge in [0.1, 0.15) is 5.82 Å². The van der Waals surface area contributed by atoms with Crippen LogP contribution in [0.15, 0.2) is 18.2 Å². The van der Waals surface area contributed by atoms with E-state index in [1.54, 1.807) is 13.8 Å². The van der Waals surface area contributed by atoms with Gasteiger partial charge in [-0.15, -0.1) is 0 Å². The van der Waals surface area contributed by atoms with Crippen molar-refractivity contribution in [2.75, 3.05) is 11.9 Å². The minimum absolute atomic E-state index is 0.0909. The van der Waals surface area contributed by atoms with Gasteiger partial charge in [-0.3, -0.25) is 0 Å². The SMILES string of the molecule is CCC(O)(CC)CNC(=O)Nc1cc(C(F)(F)F)ccc1F. The number of benzene rings is 1. The van der Waals surface area contributed by atoms with E-state index in [2.05, 4.69) is 5.32 Å². The van der Waals surface area contributed by atoms with Crippen LogP contribution in [0.5, 0.6) is 0 Å². The molecule has 3 N–H and O–H groups in total. The Morgan fingerprint density at radius 3 is 2.32 bits per heavy atom. The lowest BCUT2D eigenvalue weighted by Gasteiger charge is -2.25. The van der Waals surface area contributed by atoms with Gasteiger partial charge in [0, 0.05) is 6.54 Å². The van der Waals surface area contributed by atoms with E-state index < -0.39 is 34.9 Å². The molecule has 0 saturated heterocycles. The van der Waals surface area contributed by atoms with Gasteiger partial charge in [0.05, 0.1) is 16.9 Å². The number of carbonyl (C=O) groups excluding carboxylic acids is 1. The van der Waals surface area contributed by atoms with E-state index in [0.717, 1.165) is 0 Å². The van der Waals surface area contributed by atoms with Crippen molar-refractivity contribution in [2.45, 2.75) is 38.5 Å². The summed E-state index contributed by atoms with van der Waals surface area (Å²) in [7, 11) is 0. The van der Waals surface area contributed by atoms with Crippen molar-refractivity contribution in [1.82, 2.24) is 5.32 Å². The Morgan fingerprint density at radius 2 is 1.82 bits per heavy atom. The molecule has 0 aromatic heterocycles. The van der Waals surface area contributed by atoms with Crippen molar-refractivity contribution >= 4 is 11.7 Å². The molecule has 2 amide bonds. The Kier molecular flexibility index (Phi) is 5.76. The zero-order valence-corrected chi connectivity index (χ0v) is 12.2. The summed E-state index contributed by atoms with van der Waals surface area (Å²) >= 11 is 0. The Bertz CT molecular complexity index is 528. The number of urea groups is 1. The zero-order valence-electron chi connectivity index (χ0n) is 12.2. The number of hydrogen-bond donors (Lipinski definition) is 3. The summed E-state index contributed by atoms with van der Waals surface area (Å²) in [5.41, 5.74) is -2.75. The lowest BCUT2D eigenvalue weighted by molar-refractivity contribution is -0.137. The van der Waals surface area contributed by atoms with Gasteiger partial charge in [-0.05, 0) is 31.0 Å². The standard InChI is InChI=1S/C14H18F4N2O2/c1-3-13(22,4-2)8-19-12(21)20-11-7-9(14(16,17)18)5-6-10(11)15/h5-7,22H,3-4,8H2,1-2H3,(H2,19,20,21). The monoisotopic (exact) mass is 322 g/mol. The van der Waals surface area contributed by atoms with Crippen LogP contribution < -0.4 is 10.6 Å². The van der Waals surface area contributed by atoms with Gasteiger partial charge in [-0.1, -0.05) is 13.8 Å². The minimum Gasteiger partial charge on any atom is -0.388 e. The molecule has 4 nitrogen and oxygen atoms in total. The van der Waals surface area contributed by atoms with Crippen LogP contribution in [-0.2, 0) is 6.18 Å². The second-order valence-electron chi connectivity index (χ2n) is 4.93. The highest BCUT2D eigenvalue weighted by Gasteiger charge is 2.31. The van der Waals surface area contributed by atoms with Crippen LogP contribution in [0.25, 0.3) is 0 Å². The van der Waals surface area contributed by atoms with Crippen molar-refractivity contribution < 1.29 is 27.5 Å². The van der Waals surface area contributed by atoms with Gasteiger partial charge in [-0.2, -0.15) is 13.2 Å². The molecule has 22 heavy (non-hydrogen) atoms. The number of halogens is 4. The third kappa shape index (κ3) is 4.87. The maximum absolute atomic E-state index is 13.5. The molecule has 0 aliphatic rings. The van der Waals surface area contributed by atoms with Gasteiger partial charge in [0.2, 0.25) is 0 Å². The van der Waals surface area contributed by atoms with Crippen LogP contribution in [0.3, 0.4) is 0 Å². The molecule has 124 valence electrons. The molecule has 0 spiro atoms. The average Bonchev–Trinajstić information content (AvgIpc) is 2.46. The predicted octanol–water partition coefficient (Wildman–Crippen LogP) is 3.52. The molecule has 0 aliphatic carbocycles. The molecule has 0 atom stereocenters. The van der Waals surface area contributed by atoms with Crippen LogP contribution in [0.1, 0.15) is 32.3 Å². The summed E-state index contributed by atoms with van der Waals surface area (Å²) < 4.78 is 51.1. The first-order valence-electron chi connectivity index (χ1n) is 6.75. The van der Waals surface area contributed by atoms with E-state index in [4.69, 9.17) is 0 Å². The van der Waals surface area contributed by atoms with Crippen molar-refractivity contribution in [3.8, 4) is 0 Å². The Morgan fingerprint density at radius 1 is 1.23 bits per heavy atom. The van der Waals surface area contributed by atoms with Crippen molar-refractivity contribution in [3.05, 3.63) is 29.6 Å². The van der Waals surface area contributed by atoms with Gasteiger partial charge in [0.15, 0.2) is 0 Å². The first kappa shape index (κ1) is 18.2. The molecule has 0 radical (unpaired) electrons. The predicted molar refractivity (Wildman–Crippen MR) is 74.0 cm³/mol. The van der Waals surface area contributed by atoms with E-state index in [-0.39, 0.29) is 6.54 Å². The summed E-state index contributed by atoms with van der Waals surface area (Å²) in [6, 6.07) is 0.845. The molecule has 0 unspecified atom stereocenters. The van der Waals surface area contributed by atoms with Crippen molar-refractivity contribution in [2.24, 2.45) is 0 Å². The van der Waals surface area contributed by atoms with Crippen LogP contribution in [-0.4, -0.2) is 23.3 Å². The Balaban J connectivity index is 2.76. The number of anilines is 1. The lowest BCUT2D eigenvalue weighted by Crippen LogP contribution is -2.43. The molecule has 1 aromatic rings. The molecule has 0 fully saturated rings. The second-order valence-corrected chi connectivity index (χ2v) is 4.93. The molecule has 0 aliphatic heterocycles. The average molecular weight is 322 g/mol. The van der Waals surface area contributed by atoms with Gasteiger partial charge < -0.3 is 15.7 Å². The number of rotatable bonds is 5. The van der Waals surface area contributed by atoms with E-state index >= 15 is 0 Å². The molecule has 0 bridgehead atoms. The number of hydrogen-bond acceptors (Lipinski definition) is 2. The minimum atomic E-state index is -4.63. The summed E-state index contributed by atoms with van der Waals surface area (Å²) in [4.78, 5) is 11.6. The summed E-state index contributed by atoms with van der Waals surface area (Å²) in [6.45, 7) is 3.37. The molecule has 0 saturated carbocycles. The van der Waals surface area contributed by atoms with Crippen LogP contribution in [0, 0.1) is 5.82 Å². The highest BCUT2D eigenvalue weighted by atomic mass is 19.4. The van der Waals surface area contributed by atoms with E-state index in [9.17, 15) is 27.5 Å². The highest BCUT2D eigenvalue weighted by Crippen LogP contribution is 2.31. The van der Waals surface area contributed by atoms with Gasteiger partial charge in [0.25, 0.3) is 0 Å². The first-order valence-corrected chi connectivity index (χ1v) is 6.75. The lowest BCUT2D eigenvalue weighted by atomic mass is 9.98. The van der Waals surface area contributed by atoms with E-state index in [1.165, 1.54) is 0 Å². The topological polar surface area (TPSA) is 61.4 Å². The third-order valence-corrected chi connectivity index (χ3v) is 3.44. The number of nitrogens with one attached hydrogen (secondary N) is 2. The number of amides is 2. The third-order valence-electron chi connectivity index (χ3n) is 3.44. The second kappa shape index (κ2) is 6.95. The van der Waals surface area contributed by atoms with Gasteiger partial charge >= 0.3 is 12.2 Å². The maximum atomic E-state index is 13.5. The largest absolute Gasteiger partial charge is 0.416 e. The fraction of sp³-hybridized carbons (Fsp3) is 0.500. The summed E-state index contributed by atoms with van der Waals surface area (Å²) in [5, 5.41) is 14.3. The maximum Gasteiger partial charge on any atom is 0.416 e. The molecular weight excluding hydrogens is 304 g/mol. The first-order chi connectivity index (χ1) is 10.1. The van der Waals surface area contributed by atoms with Crippen LogP contribution >= 0.6 is 0 Å². The molecule has 8 heteroatoms. The van der Waals surface area contributed by atoms with Gasteiger partial charge in [-0.25, -0.2) is 9.18 Å². The quantitative estimate of drug-likeness (QED) is 0.726. The number of aliphatic hydroxyl groups is 1. The van der Waals surface area contributed by atoms with Crippen LogP contribution in [0.2, 0.25) is 0 Å². The fourth-order valence-electron chi connectivity index (χ4n) is 1.71. The van der Waals surface area contributed by atoms with Crippen molar-refractivity contribution in [1.29, 1.82) is 0 Å². The highest BCUT2D eigenvalue weighted by molar-refractivity contribution is 5.89. The normalized spacial score (nSPS) is 12.1. The van der Waals surface area contributed by atoms with Crippen LogP contribution in [0.4, 0.5) is 28.0 Å². The molecule has 1 rings (SSSR count). The molecule has 0 heterocycles. The van der Waals surface area contributed by atoms with E-state index in [0.29, 0.717) is 31.0 Å². The molecule has 1 aromatic carbocycles. The summed E-state index contributed by atoms with van der Waals surface area (Å²) in [6.07, 6.45) is -3.85.